The van der Waals surface area contributed by atoms with Gasteiger partial charge in [0.25, 0.3) is 0 Å². The molecular weight excluding hydrogens is 230 g/mol. The molecule has 0 radical (unpaired) electrons. The summed E-state index contributed by atoms with van der Waals surface area (Å²) in [5, 5.41) is 6.91. The summed E-state index contributed by atoms with van der Waals surface area (Å²) in [6.07, 6.45) is 1.74. The molecule has 0 fully saturated rings. The lowest BCUT2D eigenvalue weighted by molar-refractivity contribution is 0.402. The first kappa shape index (κ1) is 12.4. The third kappa shape index (κ3) is 2.04. The van der Waals surface area contributed by atoms with Gasteiger partial charge >= 0.3 is 0 Å². The van der Waals surface area contributed by atoms with Gasteiger partial charge in [0.1, 0.15) is 11.5 Å². The third-order valence-electron chi connectivity index (χ3n) is 2.93. The highest BCUT2D eigenvalue weighted by Gasteiger charge is 2.14. The monoisotopic (exact) mass is 247 g/mol. The van der Waals surface area contributed by atoms with Gasteiger partial charge in [-0.05, 0) is 24.6 Å². The molecule has 1 aromatic carbocycles. The number of H-pyrrole nitrogens is 1. The van der Waals surface area contributed by atoms with Crippen molar-refractivity contribution in [3.8, 4) is 22.6 Å². The number of ether oxygens (including phenoxy) is 2. The van der Waals surface area contributed by atoms with Crippen molar-refractivity contribution >= 4 is 0 Å². The Hall–Kier alpha value is -2.01. The maximum atomic E-state index is 5.68. The Morgan fingerprint density at radius 3 is 2.50 bits per heavy atom. The lowest BCUT2D eigenvalue weighted by Crippen LogP contribution is -2.00. The number of aromatic amines is 1. The minimum Gasteiger partial charge on any atom is -0.496 e. The molecule has 0 aliphatic carbocycles. The summed E-state index contributed by atoms with van der Waals surface area (Å²) in [5.41, 5.74) is 9.44. The lowest BCUT2D eigenvalue weighted by atomic mass is 10.0. The number of aryl methyl sites for hydroxylation is 1. The first-order valence-electron chi connectivity index (χ1n) is 5.66. The molecular formula is C13H17N3O2. The smallest absolute Gasteiger partial charge is 0.127 e. The first-order chi connectivity index (χ1) is 8.71. The standard InChI is InChI=1S/C13H17N3O2/c1-8-4-13(18-3)9(5-12(8)17-2)10-7-15-16-11(10)6-14/h4-5,7H,6,14H2,1-3H3,(H,15,16). The van der Waals surface area contributed by atoms with Gasteiger partial charge in [-0.15, -0.1) is 0 Å². The average Bonchev–Trinajstić information content (AvgIpc) is 2.86. The van der Waals surface area contributed by atoms with E-state index >= 15 is 0 Å². The summed E-state index contributed by atoms with van der Waals surface area (Å²) in [6, 6.07) is 3.89. The van der Waals surface area contributed by atoms with Gasteiger partial charge in [0, 0.05) is 17.7 Å². The van der Waals surface area contributed by atoms with Crippen LogP contribution in [0.3, 0.4) is 0 Å². The summed E-state index contributed by atoms with van der Waals surface area (Å²) >= 11 is 0. The third-order valence-corrected chi connectivity index (χ3v) is 2.93. The van der Waals surface area contributed by atoms with Gasteiger partial charge in [-0.3, -0.25) is 5.10 Å². The minimum absolute atomic E-state index is 0.397. The Kier molecular flexibility index (Phi) is 3.53. The fourth-order valence-electron chi connectivity index (χ4n) is 1.96. The second-order valence-corrected chi connectivity index (χ2v) is 3.99. The van der Waals surface area contributed by atoms with Crippen LogP contribution in [0, 0.1) is 6.92 Å². The van der Waals surface area contributed by atoms with Gasteiger partial charge in [0.2, 0.25) is 0 Å². The molecule has 0 spiro atoms. The zero-order valence-corrected chi connectivity index (χ0v) is 10.8. The number of aromatic nitrogens is 2. The molecule has 0 aliphatic heterocycles. The molecule has 3 N–H and O–H groups in total. The molecule has 1 aromatic heterocycles. The summed E-state index contributed by atoms with van der Waals surface area (Å²) in [7, 11) is 3.30. The second kappa shape index (κ2) is 5.10. The van der Waals surface area contributed by atoms with E-state index in [1.807, 2.05) is 19.1 Å². The van der Waals surface area contributed by atoms with Crippen molar-refractivity contribution in [3.63, 3.8) is 0 Å². The fourth-order valence-corrected chi connectivity index (χ4v) is 1.96. The van der Waals surface area contributed by atoms with Crippen LogP contribution >= 0.6 is 0 Å². The second-order valence-electron chi connectivity index (χ2n) is 3.99. The highest BCUT2D eigenvalue weighted by atomic mass is 16.5. The van der Waals surface area contributed by atoms with Crippen LogP contribution in [0.2, 0.25) is 0 Å². The SMILES string of the molecule is COc1cc(-c2cn[nH]c2CN)c(OC)cc1C. The fraction of sp³-hybridized carbons (Fsp3) is 0.308. The molecule has 2 aromatic rings. The largest absolute Gasteiger partial charge is 0.496 e. The van der Waals surface area contributed by atoms with Crippen LogP contribution in [0.5, 0.6) is 11.5 Å². The zero-order valence-electron chi connectivity index (χ0n) is 10.8. The van der Waals surface area contributed by atoms with Gasteiger partial charge in [-0.1, -0.05) is 0 Å². The lowest BCUT2D eigenvalue weighted by Gasteiger charge is -2.12. The van der Waals surface area contributed by atoms with E-state index < -0.39 is 0 Å². The van der Waals surface area contributed by atoms with Crippen molar-refractivity contribution in [2.45, 2.75) is 13.5 Å². The maximum absolute atomic E-state index is 5.68. The minimum atomic E-state index is 0.397. The molecule has 0 saturated heterocycles. The number of rotatable bonds is 4. The molecule has 1 heterocycles. The molecule has 96 valence electrons. The van der Waals surface area contributed by atoms with Crippen molar-refractivity contribution in [2.75, 3.05) is 14.2 Å². The maximum Gasteiger partial charge on any atom is 0.127 e. The van der Waals surface area contributed by atoms with Crippen molar-refractivity contribution in [3.05, 3.63) is 29.6 Å². The highest BCUT2D eigenvalue weighted by Crippen LogP contribution is 2.36. The number of hydrogen-bond acceptors (Lipinski definition) is 4. The molecule has 0 amide bonds. The average molecular weight is 247 g/mol. The molecule has 2 rings (SSSR count). The molecule has 0 aliphatic rings. The van der Waals surface area contributed by atoms with Crippen LogP contribution in [0.15, 0.2) is 18.3 Å². The Morgan fingerprint density at radius 1 is 1.17 bits per heavy atom. The molecule has 5 heteroatoms. The van der Waals surface area contributed by atoms with Crippen molar-refractivity contribution in [1.29, 1.82) is 0 Å². The summed E-state index contributed by atoms with van der Waals surface area (Å²) in [5.74, 6) is 1.60. The molecule has 0 saturated carbocycles. The number of benzene rings is 1. The molecule has 0 bridgehead atoms. The zero-order chi connectivity index (χ0) is 13.1. The van der Waals surface area contributed by atoms with Crippen LogP contribution in [0.4, 0.5) is 0 Å². The quantitative estimate of drug-likeness (QED) is 0.865. The topological polar surface area (TPSA) is 73.2 Å². The Balaban J connectivity index is 2.62. The number of nitrogens with zero attached hydrogens (tertiary/aromatic N) is 1. The summed E-state index contributed by atoms with van der Waals surface area (Å²) in [4.78, 5) is 0. The number of nitrogens with one attached hydrogen (secondary N) is 1. The van der Waals surface area contributed by atoms with Crippen LogP contribution in [-0.4, -0.2) is 24.4 Å². The van der Waals surface area contributed by atoms with Crippen molar-refractivity contribution in [2.24, 2.45) is 5.73 Å². The van der Waals surface area contributed by atoms with E-state index in [-0.39, 0.29) is 0 Å². The van der Waals surface area contributed by atoms with E-state index in [2.05, 4.69) is 10.2 Å². The Labute approximate surface area is 106 Å². The van der Waals surface area contributed by atoms with Crippen molar-refractivity contribution in [1.82, 2.24) is 10.2 Å². The van der Waals surface area contributed by atoms with Crippen LogP contribution in [0.25, 0.3) is 11.1 Å². The van der Waals surface area contributed by atoms with Crippen LogP contribution < -0.4 is 15.2 Å². The van der Waals surface area contributed by atoms with Gasteiger partial charge < -0.3 is 15.2 Å². The van der Waals surface area contributed by atoms with Crippen LogP contribution in [0.1, 0.15) is 11.3 Å². The van der Waals surface area contributed by atoms with E-state index in [1.165, 1.54) is 0 Å². The highest BCUT2D eigenvalue weighted by molar-refractivity contribution is 5.74. The Bertz CT molecular complexity index is 549. The molecule has 0 unspecified atom stereocenters. The molecule has 18 heavy (non-hydrogen) atoms. The Morgan fingerprint density at radius 2 is 1.89 bits per heavy atom. The van der Waals surface area contributed by atoms with Gasteiger partial charge in [-0.2, -0.15) is 5.10 Å². The van der Waals surface area contributed by atoms with E-state index in [4.69, 9.17) is 15.2 Å². The summed E-state index contributed by atoms with van der Waals surface area (Å²) < 4.78 is 10.8. The van der Waals surface area contributed by atoms with E-state index in [0.717, 1.165) is 33.9 Å². The van der Waals surface area contributed by atoms with E-state index in [1.54, 1.807) is 20.4 Å². The van der Waals surface area contributed by atoms with E-state index in [9.17, 15) is 0 Å². The van der Waals surface area contributed by atoms with Gasteiger partial charge in [-0.25, -0.2) is 0 Å². The first-order valence-corrected chi connectivity index (χ1v) is 5.66. The predicted octanol–water partition coefficient (Wildman–Crippen LogP) is 1.86. The molecule has 5 nitrogen and oxygen atoms in total. The van der Waals surface area contributed by atoms with E-state index in [0.29, 0.717) is 6.54 Å². The number of nitrogens with two attached hydrogens (primary N) is 1. The van der Waals surface area contributed by atoms with Gasteiger partial charge in [0.15, 0.2) is 0 Å². The number of hydrogen-bond donors (Lipinski definition) is 2. The van der Waals surface area contributed by atoms with Crippen LogP contribution in [-0.2, 0) is 6.54 Å². The normalized spacial score (nSPS) is 10.4. The predicted molar refractivity (Wildman–Crippen MR) is 69.8 cm³/mol. The van der Waals surface area contributed by atoms with Gasteiger partial charge in [0.05, 0.1) is 26.1 Å². The molecule has 0 atom stereocenters. The van der Waals surface area contributed by atoms with Crippen molar-refractivity contribution < 1.29 is 9.47 Å². The number of methoxy groups -OCH3 is 2. The summed E-state index contributed by atoms with van der Waals surface area (Å²) in [6.45, 7) is 2.37.